The molecule has 3 aromatic carbocycles. The van der Waals surface area contributed by atoms with E-state index >= 15 is 0 Å². The molecule has 0 spiro atoms. The summed E-state index contributed by atoms with van der Waals surface area (Å²) in [6, 6.07) is 16.6. The monoisotopic (exact) mass is 474 g/mol. The summed E-state index contributed by atoms with van der Waals surface area (Å²) in [6.07, 6.45) is 0.638. The Morgan fingerprint density at radius 1 is 1.09 bits per heavy atom. The van der Waals surface area contributed by atoms with Gasteiger partial charge in [-0.15, -0.1) is 0 Å². The molecule has 2 heterocycles. The molecule has 4 atom stereocenters. The van der Waals surface area contributed by atoms with Gasteiger partial charge in [-0.05, 0) is 23.9 Å². The number of aromatic hydroxyl groups is 1. The number of rotatable bonds is 6. The van der Waals surface area contributed by atoms with Gasteiger partial charge < -0.3 is 14.9 Å². The second kappa shape index (κ2) is 8.39. The number of anilines is 1. The zero-order valence-electron chi connectivity index (χ0n) is 19.4. The third kappa shape index (κ3) is 3.28. The van der Waals surface area contributed by atoms with E-state index in [1.165, 1.54) is 13.2 Å². The lowest BCUT2D eigenvalue weighted by Crippen LogP contribution is -2.55. The van der Waals surface area contributed by atoms with Crippen LogP contribution in [0.5, 0.6) is 11.5 Å². The fourth-order valence-corrected chi connectivity index (χ4v) is 5.75. The molecule has 2 aliphatic heterocycles. The number of phenols is 1. The van der Waals surface area contributed by atoms with E-state index in [0.29, 0.717) is 23.4 Å². The predicted octanol–water partition coefficient (Wildman–Crippen LogP) is 3.63. The SMILES string of the molecule is CCC[C@]1(C(=O)O)N[C@H](c2ccc(OC)cc2O)[C@@H]2C(=O)N(c3cccc4ccccc34)C(=O)[C@@H]21. The number of fused-ring (bicyclic) bond motifs is 2. The molecule has 0 aliphatic carbocycles. The first-order valence-corrected chi connectivity index (χ1v) is 11.6. The van der Waals surface area contributed by atoms with Crippen molar-refractivity contribution in [1.82, 2.24) is 5.32 Å². The highest BCUT2D eigenvalue weighted by Gasteiger charge is 2.68. The lowest BCUT2D eigenvalue weighted by Gasteiger charge is -2.31. The maximum absolute atomic E-state index is 13.9. The quantitative estimate of drug-likeness (QED) is 0.467. The van der Waals surface area contributed by atoms with Crippen LogP contribution in [0.3, 0.4) is 0 Å². The van der Waals surface area contributed by atoms with E-state index in [-0.39, 0.29) is 12.2 Å². The summed E-state index contributed by atoms with van der Waals surface area (Å²) in [5, 5.41) is 25.8. The number of methoxy groups -OCH3 is 1. The molecule has 5 rings (SSSR count). The van der Waals surface area contributed by atoms with Gasteiger partial charge >= 0.3 is 5.97 Å². The number of benzene rings is 3. The number of hydrogen-bond acceptors (Lipinski definition) is 6. The first-order valence-electron chi connectivity index (χ1n) is 11.6. The van der Waals surface area contributed by atoms with Gasteiger partial charge in [0.15, 0.2) is 0 Å². The van der Waals surface area contributed by atoms with Crippen LogP contribution in [-0.4, -0.2) is 40.6 Å². The highest BCUT2D eigenvalue weighted by atomic mass is 16.5. The fourth-order valence-electron chi connectivity index (χ4n) is 5.75. The Hall–Kier alpha value is -3.91. The Kier molecular flexibility index (Phi) is 5.48. The molecule has 0 aromatic heterocycles. The van der Waals surface area contributed by atoms with E-state index in [1.807, 2.05) is 37.3 Å². The summed E-state index contributed by atoms with van der Waals surface area (Å²) in [5.41, 5.74) is -0.871. The van der Waals surface area contributed by atoms with Crippen LogP contribution in [-0.2, 0) is 14.4 Å². The minimum atomic E-state index is -1.65. The lowest BCUT2D eigenvalue weighted by molar-refractivity contribution is -0.149. The Morgan fingerprint density at radius 2 is 1.83 bits per heavy atom. The van der Waals surface area contributed by atoms with Crippen molar-refractivity contribution < 1.29 is 29.3 Å². The highest BCUT2D eigenvalue weighted by molar-refractivity contribution is 6.26. The minimum absolute atomic E-state index is 0.137. The van der Waals surface area contributed by atoms with Crippen molar-refractivity contribution >= 4 is 34.2 Å². The number of ether oxygens (including phenoxy) is 1. The minimum Gasteiger partial charge on any atom is -0.507 e. The third-order valence-electron chi connectivity index (χ3n) is 7.26. The van der Waals surface area contributed by atoms with Crippen LogP contribution in [0.2, 0.25) is 0 Å². The molecule has 8 nitrogen and oxygen atoms in total. The smallest absolute Gasteiger partial charge is 0.324 e. The molecular weight excluding hydrogens is 448 g/mol. The summed E-state index contributed by atoms with van der Waals surface area (Å²) >= 11 is 0. The van der Waals surface area contributed by atoms with Crippen molar-refractivity contribution in [3.8, 4) is 11.5 Å². The maximum Gasteiger partial charge on any atom is 0.324 e. The summed E-state index contributed by atoms with van der Waals surface area (Å²) < 4.78 is 5.17. The van der Waals surface area contributed by atoms with Gasteiger partial charge in [0.25, 0.3) is 0 Å². The molecule has 180 valence electrons. The molecule has 2 aliphatic rings. The topological polar surface area (TPSA) is 116 Å². The average Bonchev–Trinajstić information content (AvgIpc) is 3.33. The van der Waals surface area contributed by atoms with E-state index in [4.69, 9.17) is 4.74 Å². The van der Waals surface area contributed by atoms with Crippen molar-refractivity contribution in [3.05, 3.63) is 66.2 Å². The molecule has 2 amide bonds. The van der Waals surface area contributed by atoms with Crippen molar-refractivity contribution in [3.63, 3.8) is 0 Å². The Balaban J connectivity index is 1.69. The van der Waals surface area contributed by atoms with Gasteiger partial charge in [-0.3, -0.25) is 19.7 Å². The number of amides is 2. The standard InChI is InChI=1S/C27H26N2O6/c1-3-13-27(26(33)34)22-21(23(28-27)18-12-11-16(35-2)14-20(18)30)24(31)29(25(22)32)19-10-6-8-15-7-4-5-9-17(15)19/h4-12,14,21-23,28,30H,3,13H2,1-2H3,(H,33,34)/t21-,22-,23-,27+/m1/s1. The molecule has 0 unspecified atom stereocenters. The summed E-state index contributed by atoms with van der Waals surface area (Å²) in [4.78, 5) is 41.7. The Labute approximate surface area is 202 Å². The van der Waals surface area contributed by atoms with Gasteiger partial charge in [0.2, 0.25) is 11.8 Å². The van der Waals surface area contributed by atoms with Gasteiger partial charge in [0.05, 0.1) is 24.6 Å². The largest absolute Gasteiger partial charge is 0.507 e. The zero-order valence-corrected chi connectivity index (χ0v) is 19.4. The molecule has 35 heavy (non-hydrogen) atoms. The second-order valence-corrected chi connectivity index (χ2v) is 9.09. The number of nitrogens with one attached hydrogen (secondary N) is 1. The molecule has 0 saturated carbocycles. The van der Waals surface area contributed by atoms with Crippen LogP contribution in [0.1, 0.15) is 31.4 Å². The average molecular weight is 475 g/mol. The molecule has 3 aromatic rings. The normalized spacial score (nSPS) is 25.8. The van der Waals surface area contributed by atoms with Gasteiger partial charge in [-0.2, -0.15) is 0 Å². The van der Waals surface area contributed by atoms with Crippen LogP contribution in [0, 0.1) is 11.8 Å². The van der Waals surface area contributed by atoms with Gasteiger partial charge in [0, 0.05) is 23.1 Å². The number of aliphatic carboxylic acids is 1. The number of phenolic OH excluding ortho intramolecular Hbond substituents is 1. The molecule has 2 saturated heterocycles. The van der Waals surface area contributed by atoms with E-state index in [2.05, 4.69) is 5.32 Å². The molecule has 0 radical (unpaired) electrons. The molecule has 8 heteroatoms. The summed E-state index contributed by atoms with van der Waals surface area (Å²) in [5.74, 6) is -4.06. The third-order valence-corrected chi connectivity index (χ3v) is 7.26. The van der Waals surface area contributed by atoms with Crippen molar-refractivity contribution in [2.45, 2.75) is 31.3 Å². The highest BCUT2D eigenvalue weighted by Crippen LogP contribution is 2.53. The number of hydrogen-bond donors (Lipinski definition) is 3. The van der Waals surface area contributed by atoms with Gasteiger partial charge in [-0.25, -0.2) is 4.90 Å². The van der Waals surface area contributed by atoms with Crippen molar-refractivity contribution in [2.75, 3.05) is 12.0 Å². The van der Waals surface area contributed by atoms with Crippen LogP contribution < -0.4 is 15.0 Å². The predicted molar refractivity (Wildman–Crippen MR) is 129 cm³/mol. The number of carboxylic acids is 1. The number of nitrogens with zero attached hydrogens (tertiary/aromatic N) is 1. The molecular formula is C27H26N2O6. The van der Waals surface area contributed by atoms with E-state index in [9.17, 15) is 24.6 Å². The van der Waals surface area contributed by atoms with E-state index < -0.39 is 41.2 Å². The molecule has 3 N–H and O–H groups in total. The Morgan fingerprint density at radius 3 is 2.51 bits per heavy atom. The zero-order chi connectivity index (χ0) is 24.9. The Bertz CT molecular complexity index is 1350. The molecule has 0 bridgehead atoms. The number of imide groups is 1. The summed E-state index contributed by atoms with van der Waals surface area (Å²) in [6.45, 7) is 1.84. The molecule has 2 fully saturated rings. The fraction of sp³-hybridized carbons (Fsp3) is 0.296. The van der Waals surface area contributed by atoms with Crippen LogP contribution in [0.25, 0.3) is 10.8 Å². The van der Waals surface area contributed by atoms with E-state index in [0.717, 1.165) is 15.7 Å². The van der Waals surface area contributed by atoms with Crippen LogP contribution in [0.4, 0.5) is 5.69 Å². The first-order chi connectivity index (χ1) is 16.8. The van der Waals surface area contributed by atoms with Crippen LogP contribution >= 0.6 is 0 Å². The summed E-state index contributed by atoms with van der Waals surface area (Å²) in [7, 11) is 1.47. The number of carbonyl (C=O) groups is 3. The van der Waals surface area contributed by atoms with Crippen molar-refractivity contribution in [1.29, 1.82) is 0 Å². The van der Waals surface area contributed by atoms with Gasteiger partial charge in [0.1, 0.15) is 17.0 Å². The number of carboxylic acid groups (broad SMARTS) is 1. The van der Waals surface area contributed by atoms with Crippen LogP contribution in [0.15, 0.2) is 60.7 Å². The maximum atomic E-state index is 13.9. The first kappa shape index (κ1) is 22.9. The van der Waals surface area contributed by atoms with E-state index in [1.54, 1.807) is 24.3 Å². The van der Waals surface area contributed by atoms with Gasteiger partial charge in [-0.1, -0.05) is 55.8 Å². The second-order valence-electron chi connectivity index (χ2n) is 9.09. The van der Waals surface area contributed by atoms with Crippen molar-refractivity contribution in [2.24, 2.45) is 11.8 Å². The lowest BCUT2D eigenvalue weighted by atomic mass is 9.77. The number of carbonyl (C=O) groups excluding carboxylic acids is 2.